The molecule has 1 aromatic rings. The highest BCUT2D eigenvalue weighted by molar-refractivity contribution is 5.97. The van der Waals surface area contributed by atoms with Crippen LogP contribution in [0.25, 0.3) is 0 Å². The Labute approximate surface area is 106 Å². The highest BCUT2D eigenvalue weighted by Gasteiger charge is 2.06. The highest BCUT2D eigenvalue weighted by atomic mass is 16.3. The molecule has 0 heterocycles. The lowest BCUT2D eigenvalue weighted by Crippen LogP contribution is -2.25. The molecule has 18 heavy (non-hydrogen) atoms. The van der Waals surface area contributed by atoms with Crippen molar-refractivity contribution in [2.45, 2.75) is 19.8 Å². The van der Waals surface area contributed by atoms with Crippen molar-refractivity contribution in [1.82, 2.24) is 5.32 Å². The van der Waals surface area contributed by atoms with Crippen molar-refractivity contribution >= 4 is 17.5 Å². The number of nitrogens with one attached hydrogen (secondary N) is 2. The van der Waals surface area contributed by atoms with Crippen molar-refractivity contribution in [2.24, 2.45) is 0 Å². The number of aliphatic hydroxyl groups excluding tert-OH is 1. The van der Waals surface area contributed by atoms with E-state index in [0.29, 0.717) is 30.6 Å². The molecular weight excluding hydrogens is 232 g/mol. The monoisotopic (exact) mass is 250 g/mol. The number of hydrogen-bond acceptors (Lipinski definition) is 3. The fourth-order valence-corrected chi connectivity index (χ4v) is 1.37. The molecule has 0 bridgehead atoms. The SMILES string of the molecule is CCC(=O)Nc1cccc(C(=O)NCCCO)c1. The maximum Gasteiger partial charge on any atom is 0.251 e. The van der Waals surface area contributed by atoms with E-state index in [4.69, 9.17) is 5.11 Å². The van der Waals surface area contributed by atoms with Crippen LogP contribution in [0.15, 0.2) is 24.3 Å². The first-order valence-electron chi connectivity index (χ1n) is 5.96. The number of carbonyl (C=O) groups excluding carboxylic acids is 2. The maximum atomic E-state index is 11.7. The van der Waals surface area contributed by atoms with Crippen molar-refractivity contribution in [3.05, 3.63) is 29.8 Å². The van der Waals surface area contributed by atoms with Gasteiger partial charge >= 0.3 is 0 Å². The van der Waals surface area contributed by atoms with Gasteiger partial charge in [0.2, 0.25) is 5.91 Å². The Balaban J connectivity index is 2.63. The Morgan fingerprint density at radius 2 is 2.11 bits per heavy atom. The molecule has 3 N–H and O–H groups in total. The van der Waals surface area contributed by atoms with E-state index in [1.54, 1.807) is 31.2 Å². The van der Waals surface area contributed by atoms with E-state index in [1.807, 2.05) is 0 Å². The molecule has 0 saturated carbocycles. The summed E-state index contributed by atoms with van der Waals surface area (Å²) in [4.78, 5) is 23.0. The summed E-state index contributed by atoms with van der Waals surface area (Å²) in [5.41, 5.74) is 1.10. The third kappa shape index (κ3) is 4.55. The first kappa shape index (κ1) is 14.2. The Hall–Kier alpha value is -1.88. The van der Waals surface area contributed by atoms with Gasteiger partial charge in [0.25, 0.3) is 5.91 Å². The van der Waals surface area contributed by atoms with E-state index in [9.17, 15) is 9.59 Å². The number of rotatable bonds is 6. The van der Waals surface area contributed by atoms with Crippen LogP contribution < -0.4 is 10.6 Å². The van der Waals surface area contributed by atoms with Crippen LogP contribution in [0.5, 0.6) is 0 Å². The Bertz CT molecular complexity index is 418. The van der Waals surface area contributed by atoms with Crippen LogP contribution in [0.1, 0.15) is 30.1 Å². The van der Waals surface area contributed by atoms with E-state index in [-0.39, 0.29) is 18.4 Å². The summed E-state index contributed by atoms with van der Waals surface area (Å²) in [6.45, 7) is 2.24. The smallest absolute Gasteiger partial charge is 0.251 e. The van der Waals surface area contributed by atoms with Crippen molar-refractivity contribution in [1.29, 1.82) is 0 Å². The van der Waals surface area contributed by atoms with Gasteiger partial charge in [0.05, 0.1) is 0 Å². The number of amides is 2. The molecule has 5 heteroatoms. The summed E-state index contributed by atoms with van der Waals surface area (Å²) in [5.74, 6) is -0.302. The molecule has 0 aliphatic heterocycles. The third-order valence-corrected chi connectivity index (χ3v) is 2.35. The average Bonchev–Trinajstić information content (AvgIpc) is 2.39. The highest BCUT2D eigenvalue weighted by Crippen LogP contribution is 2.10. The van der Waals surface area contributed by atoms with Gasteiger partial charge in [0.15, 0.2) is 0 Å². The summed E-state index contributed by atoms with van der Waals surface area (Å²) in [7, 11) is 0. The summed E-state index contributed by atoms with van der Waals surface area (Å²) in [6, 6.07) is 6.75. The van der Waals surface area contributed by atoms with E-state index >= 15 is 0 Å². The minimum atomic E-state index is -0.212. The Kier molecular flexibility index (Phi) is 5.87. The lowest BCUT2D eigenvalue weighted by Gasteiger charge is -2.07. The van der Waals surface area contributed by atoms with Gasteiger partial charge in [0, 0.05) is 30.8 Å². The topological polar surface area (TPSA) is 78.4 Å². The Morgan fingerprint density at radius 3 is 2.78 bits per heavy atom. The van der Waals surface area contributed by atoms with Crippen LogP contribution in [-0.2, 0) is 4.79 Å². The second-order valence-electron chi connectivity index (χ2n) is 3.82. The summed E-state index contributed by atoms with van der Waals surface area (Å²) in [5, 5.41) is 14.0. The van der Waals surface area contributed by atoms with Crippen LogP contribution in [0.3, 0.4) is 0 Å². The molecule has 98 valence electrons. The molecule has 0 spiro atoms. The van der Waals surface area contributed by atoms with Crippen LogP contribution in [-0.4, -0.2) is 30.1 Å². The lowest BCUT2D eigenvalue weighted by atomic mass is 10.2. The van der Waals surface area contributed by atoms with Crippen LogP contribution in [0, 0.1) is 0 Å². The third-order valence-electron chi connectivity index (χ3n) is 2.35. The zero-order valence-corrected chi connectivity index (χ0v) is 10.4. The predicted molar refractivity (Wildman–Crippen MR) is 69.4 cm³/mol. The quantitative estimate of drug-likeness (QED) is 0.663. The van der Waals surface area contributed by atoms with E-state index in [0.717, 1.165) is 0 Å². The molecule has 2 amide bonds. The van der Waals surface area contributed by atoms with E-state index in [2.05, 4.69) is 10.6 Å². The van der Waals surface area contributed by atoms with E-state index in [1.165, 1.54) is 0 Å². The minimum absolute atomic E-state index is 0.0485. The van der Waals surface area contributed by atoms with Crippen LogP contribution in [0.4, 0.5) is 5.69 Å². The number of benzene rings is 1. The van der Waals surface area contributed by atoms with Gasteiger partial charge in [-0.2, -0.15) is 0 Å². The van der Waals surface area contributed by atoms with Crippen molar-refractivity contribution in [3.63, 3.8) is 0 Å². The number of hydrogen-bond donors (Lipinski definition) is 3. The van der Waals surface area contributed by atoms with Gasteiger partial charge < -0.3 is 15.7 Å². The van der Waals surface area contributed by atoms with Gasteiger partial charge in [-0.1, -0.05) is 13.0 Å². The molecule has 0 radical (unpaired) electrons. The Morgan fingerprint density at radius 1 is 1.33 bits per heavy atom. The second kappa shape index (κ2) is 7.45. The van der Waals surface area contributed by atoms with Crippen LogP contribution >= 0.6 is 0 Å². The molecule has 1 rings (SSSR count). The molecule has 0 aromatic heterocycles. The molecule has 5 nitrogen and oxygen atoms in total. The predicted octanol–water partition coefficient (Wildman–Crippen LogP) is 1.15. The van der Waals surface area contributed by atoms with E-state index < -0.39 is 0 Å². The van der Waals surface area contributed by atoms with Gasteiger partial charge in [-0.05, 0) is 24.6 Å². The molecule has 1 aromatic carbocycles. The normalized spacial score (nSPS) is 9.89. The molecule has 0 atom stereocenters. The van der Waals surface area contributed by atoms with Gasteiger partial charge in [-0.3, -0.25) is 9.59 Å². The first-order valence-corrected chi connectivity index (χ1v) is 5.96. The molecule has 0 aliphatic carbocycles. The van der Waals surface area contributed by atoms with Crippen molar-refractivity contribution in [2.75, 3.05) is 18.5 Å². The minimum Gasteiger partial charge on any atom is -0.396 e. The molecular formula is C13H18N2O3. The van der Waals surface area contributed by atoms with Gasteiger partial charge in [-0.25, -0.2) is 0 Å². The van der Waals surface area contributed by atoms with Gasteiger partial charge in [-0.15, -0.1) is 0 Å². The first-order chi connectivity index (χ1) is 8.67. The fraction of sp³-hybridized carbons (Fsp3) is 0.385. The summed E-state index contributed by atoms with van der Waals surface area (Å²) in [6.07, 6.45) is 0.922. The zero-order chi connectivity index (χ0) is 13.4. The molecule has 0 fully saturated rings. The maximum absolute atomic E-state index is 11.7. The summed E-state index contributed by atoms with van der Waals surface area (Å²) < 4.78 is 0. The standard InChI is InChI=1S/C13H18N2O3/c1-2-12(17)15-11-6-3-5-10(9-11)13(18)14-7-4-8-16/h3,5-6,9,16H,2,4,7-8H2,1H3,(H,14,18)(H,15,17). The fourth-order valence-electron chi connectivity index (χ4n) is 1.37. The summed E-state index contributed by atoms with van der Waals surface area (Å²) >= 11 is 0. The van der Waals surface area contributed by atoms with Crippen molar-refractivity contribution in [3.8, 4) is 0 Å². The largest absolute Gasteiger partial charge is 0.396 e. The number of carbonyl (C=O) groups is 2. The molecule has 0 saturated heterocycles. The lowest BCUT2D eigenvalue weighted by molar-refractivity contribution is -0.115. The number of aliphatic hydroxyl groups is 1. The average molecular weight is 250 g/mol. The van der Waals surface area contributed by atoms with Crippen molar-refractivity contribution < 1.29 is 14.7 Å². The number of anilines is 1. The zero-order valence-electron chi connectivity index (χ0n) is 10.4. The molecule has 0 aliphatic rings. The second-order valence-corrected chi connectivity index (χ2v) is 3.82. The van der Waals surface area contributed by atoms with Gasteiger partial charge in [0.1, 0.15) is 0 Å². The molecule has 0 unspecified atom stereocenters. The van der Waals surface area contributed by atoms with Crippen LogP contribution in [0.2, 0.25) is 0 Å².